The van der Waals surface area contributed by atoms with E-state index in [1.165, 1.54) is 11.1 Å². The highest BCUT2D eigenvalue weighted by atomic mass is 16.5. The molecule has 1 saturated heterocycles. The molecule has 1 atom stereocenters. The summed E-state index contributed by atoms with van der Waals surface area (Å²) in [5, 5.41) is 2.32. The van der Waals surface area contributed by atoms with Crippen molar-refractivity contribution >= 4 is 0 Å². The van der Waals surface area contributed by atoms with Crippen molar-refractivity contribution < 1.29 is 4.74 Å². The van der Waals surface area contributed by atoms with Crippen LogP contribution >= 0.6 is 0 Å². The molecule has 4 nitrogen and oxygen atoms in total. The zero-order chi connectivity index (χ0) is 13.2. The summed E-state index contributed by atoms with van der Waals surface area (Å²) in [5.74, 6) is 1.07. The van der Waals surface area contributed by atoms with Crippen LogP contribution in [-0.2, 0) is 6.42 Å². The number of nitrogens with one attached hydrogen (secondary N) is 1. The standard InChI is InChI=1S/C15H23N3O/c1-12-3-4-15-13(9-12)10-14(19-15)11-16-18-7-5-17(2)6-8-18/h3-4,9,14,16H,5-8,10-11H2,1-2H3. The third kappa shape index (κ3) is 3.08. The van der Waals surface area contributed by atoms with Gasteiger partial charge in [0.25, 0.3) is 0 Å². The molecule has 0 spiro atoms. The largest absolute Gasteiger partial charge is 0.488 e. The van der Waals surface area contributed by atoms with Crippen molar-refractivity contribution in [2.45, 2.75) is 19.4 Å². The predicted octanol–water partition coefficient (Wildman–Crippen LogP) is 1.05. The van der Waals surface area contributed by atoms with Gasteiger partial charge in [0.15, 0.2) is 0 Å². The Balaban J connectivity index is 1.48. The Morgan fingerprint density at radius 3 is 2.84 bits per heavy atom. The van der Waals surface area contributed by atoms with Crippen LogP contribution in [0.1, 0.15) is 11.1 Å². The molecule has 19 heavy (non-hydrogen) atoms. The van der Waals surface area contributed by atoms with Gasteiger partial charge in [0, 0.05) is 39.1 Å². The Kier molecular flexibility index (Phi) is 3.73. The number of likely N-dealkylation sites (N-methyl/N-ethyl adjacent to an activating group) is 1. The van der Waals surface area contributed by atoms with E-state index in [9.17, 15) is 0 Å². The van der Waals surface area contributed by atoms with Gasteiger partial charge in [0.05, 0.1) is 0 Å². The van der Waals surface area contributed by atoms with Crippen molar-refractivity contribution in [2.24, 2.45) is 0 Å². The van der Waals surface area contributed by atoms with Gasteiger partial charge in [-0.15, -0.1) is 0 Å². The number of hydrogen-bond donors (Lipinski definition) is 1. The predicted molar refractivity (Wildman–Crippen MR) is 76.4 cm³/mol. The number of ether oxygens (including phenoxy) is 1. The third-order valence-electron chi connectivity index (χ3n) is 4.00. The van der Waals surface area contributed by atoms with Crippen molar-refractivity contribution in [3.63, 3.8) is 0 Å². The smallest absolute Gasteiger partial charge is 0.123 e. The van der Waals surface area contributed by atoms with Crippen molar-refractivity contribution in [3.8, 4) is 5.75 Å². The maximum Gasteiger partial charge on any atom is 0.123 e. The number of hydrogen-bond acceptors (Lipinski definition) is 4. The molecule has 0 aromatic heterocycles. The van der Waals surface area contributed by atoms with Crippen molar-refractivity contribution in [2.75, 3.05) is 39.8 Å². The van der Waals surface area contributed by atoms with Crippen LogP contribution in [-0.4, -0.2) is 55.8 Å². The fourth-order valence-corrected chi connectivity index (χ4v) is 2.76. The number of piperazine rings is 1. The zero-order valence-corrected chi connectivity index (χ0v) is 11.9. The summed E-state index contributed by atoms with van der Waals surface area (Å²) in [4.78, 5) is 2.36. The molecule has 1 aromatic rings. The van der Waals surface area contributed by atoms with Gasteiger partial charge in [-0.1, -0.05) is 17.7 Å². The molecule has 1 aromatic carbocycles. The van der Waals surface area contributed by atoms with Gasteiger partial charge in [-0.05, 0) is 25.6 Å². The molecule has 0 aliphatic carbocycles. The van der Waals surface area contributed by atoms with Crippen molar-refractivity contribution in [1.29, 1.82) is 0 Å². The van der Waals surface area contributed by atoms with E-state index in [4.69, 9.17) is 4.74 Å². The molecule has 2 aliphatic rings. The summed E-state index contributed by atoms with van der Waals surface area (Å²) in [6, 6.07) is 6.46. The van der Waals surface area contributed by atoms with Gasteiger partial charge in [-0.2, -0.15) is 0 Å². The molecule has 1 unspecified atom stereocenters. The summed E-state index contributed by atoms with van der Waals surface area (Å²) < 4.78 is 5.97. The lowest BCUT2D eigenvalue weighted by Crippen LogP contribution is -2.52. The minimum Gasteiger partial charge on any atom is -0.488 e. The second-order valence-electron chi connectivity index (χ2n) is 5.71. The molecule has 3 rings (SSSR count). The van der Waals surface area contributed by atoms with Crippen LogP contribution in [0, 0.1) is 6.92 Å². The lowest BCUT2D eigenvalue weighted by Gasteiger charge is -2.33. The highest BCUT2D eigenvalue weighted by molar-refractivity contribution is 5.40. The van der Waals surface area contributed by atoms with Crippen LogP contribution < -0.4 is 10.2 Å². The van der Waals surface area contributed by atoms with Crippen LogP contribution in [0.3, 0.4) is 0 Å². The van der Waals surface area contributed by atoms with E-state index >= 15 is 0 Å². The van der Waals surface area contributed by atoms with Gasteiger partial charge in [0.2, 0.25) is 0 Å². The summed E-state index contributed by atoms with van der Waals surface area (Å²) in [5.41, 5.74) is 6.18. The molecule has 0 saturated carbocycles. The first kappa shape index (κ1) is 12.9. The van der Waals surface area contributed by atoms with E-state index < -0.39 is 0 Å². The zero-order valence-electron chi connectivity index (χ0n) is 11.9. The summed E-state index contributed by atoms with van der Waals surface area (Å²) in [7, 11) is 2.18. The molecule has 1 N–H and O–H groups in total. The number of benzene rings is 1. The van der Waals surface area contributed by atoms with Crippen LogP contribution in [0.25, 0.3) is 0 Å². The van der Waals surface area contributed by atoms with E-state index in [1.54, 1.807) is 0 Å². The Labute approximate surface area is 115 Å². The average molecular weight is 261 g/mol. The molecule has 0 bridgehead atoms. The van der Waals surface area contributed by atoms with Crippen molar-refractivity contribution in [1.82, 2.24) is 15.3 Å². The molecule has 2 heterocycles. The SMILES string of the molecule is Cc1ccc2c(c1)CC(CNN1CCN(C)CC1)O2. The van der Waals surface area contributed by atoms with E-state index in [2.05, 4.69) is 47.5 Å². The van der Waals surface area contributed by atoms with Gasteiger partial charge in [-0.3, -0.25) is 5.43 Å². The lowest BCUT2D eigenvalue weighted by molar-refractivity contribution is 0.0858. The van der Waals surface area contributed by atoms with Gasteiger partial charge in [-0.25, -0.2) is 5.01 Å². The molecular weight excluding hydrogens is 238 g/mol. The summed E-state index contributed by atoms with van der Waals surface area (Å²) in [6.07, 6.45) is 1.30. The molecule has 104 valence electrons. The minimum absolute atomic E-state index is 0.274. The van der Waals surface area contributed by atoms with Crippen molar-refractivity contribution in [3.05, 3.63) is 29.3 Å². The molecule has 4 heteroatoms. The monoisotopic (exact) mass is 261 g/mol. The van der Waals surface area contributed by atoms with Gasteiger partial charge in [0.1, 0.15) is 11.9 Å². The Bertz CT molecular complexity index is 441. The van der Waals surface area contributed by atoms with E-state index in [0.717, 1.165) is 44.9 Å². The van der Waals surface area contributed by atoms with E-state index in [1.807, 2.05) is 0 Å². The lowest BCUT2D eigenvalue weighted by atomic mass is 10.1. The Morgan fingerprint density at radius 2 is 2.05 bits per heavy atom. The van der Waals surface area contributed by atoms with Gasteiger partial charge < -0.3 is 9.64 Å². The quantitative estimate of drug-likeness (QED) is 0.880. The van der Waals surface area contributed by atoms with E-state index in [0.29, 0.717) is 0 Å². The first-order chi connectivity index (χ1) is 9.20. The Morgan fingerprint density at radius 1 is 1.26 bits per heavy atom. The first-order valence-electron chi connectivity index (χ1n) is 7.14. The topological polar surface area (TPSA) is 27.7 Å². The molecule has 1 fully saturated rings. The highest BCUT2D eigenvalue weighted by Crippen LogP contribution is 2.29. The highest BCUT2D eigenvalue weighted by Gasteiger charge is 2.23. The normalized spacial score (nSPS) is 24.2. The molecular formula is C15H23N3O. The maximum atomic E-state index is 5.97. The second-order valence-corrected chi connectivity index (χ2v) is 5.71. The number of fused-ring (bicyclic) bond motifs is 1. The second kappa shape index (κ2) is 5.49. The molecule has 2 aliphatic heterocycles. The van der Waals surface area contributed by atoms with Crippen LogP contribution in [0.5, 0.6) is 5.75 Å². The first-order valence-corrected chi connectivity index (χ1v) is 7.14. The summed E-state index contributed by atoms with van der Waals surface area (Å²) in [6.45, 7) is 7.49. The minimum atomic E-state index is 0.274. The number of hydrazine groups is 1. The fraction of sp³-hybridized carbons (Fsp3) is 0.600. The molecule has 0 radical (unpaired) electrons. The van der Waals surface area contributed by atoms with Crippen LogP contribution in [0.15, 0.2) is 18.2 Å². The molecule has 0 amide bonds. The number of nitrogens with zero attached hydrogens (tertiary/aromatic N) is 2. The Hall–Kier alpha value is -1.10. The van der Waals surface area contributed by atoms with Gasteiger partial charge >= 0.3 is 0 Å². The number of rotatable bonds is 3. The average Bonchev–Trinajstić information content (AvgIpc) is 2.80. The fourth-order valence-electron chi connectivity index (χ4n) is 2.76. The van der Waals surface area contributed by atoms with Crippen LogP contribution in [0.2, 0.25) is 0 Å². The summed E-state index contributed by atoms with van der Waals surface area (Å²) >= 11 is 0. The van der Waals surface area contributed by atoms with E-state index in [-0.39, 0.29) is 6.10 Å². The van der Waals surface area contributed by atoms with Crippen LogP contribution in [0.4, 0.5) is 0 Å². The maximum absolute atomic E-state index is 5.97. The third-order valence-corrected chi connectivity index (χ3v) is 4.00. The number of aryl methyl sites for hydroxylation is 1.